The van der Waals surface area contributed by atoms with Gasteiger partial charge in [0.2, 0.25) is 0 Å². The molecule has 2 unspecified atom stereocenters. The minimum Gasteiger partial charge on any atom is -0.480 e. The van der Waals surface area contributed by atoms with Gasteiger partial charge in [-0.25, -0.2) is 8.42 Å². The van der Waals surface area contributed by atoms with Crippen molar-refractivity contribution in [1.82, 2.24) is 4.90 Å². The average Bonchev–Trinajstić information content (AvgIpc) is 2.57. The number of hydrogen-bond donors (Lipinski definition) is 2. The molecule has 0 aromatic carbocycles. The molecule has 17 heavy (non-hydrogen) atoms. The van der Waals surface area contributed by atoms with Gasteiger partial charge in [-0.15, -0.1) is 0 Å². The van der Waals surface area contributed by atoms with E-state index in [2.05, 4.69) is 0 Å². The number of β-amino-alcohol motifs (C(OH)–C–C–N with tert-alkyl or cyclic N) is 1. The van der Waals surface area contributed by atoms with Crippen LogP contribution in [-0.2, 0) is 14.6 Å². The van der Waals surface area contributed by atoms with Crippen molar-refractivity contribution in [2.24, 2.45) is 0 Å². The van der Waals surface area contributed by atoms with Gasteiger partial charge in [0.15, 0.2) is 9.84 Å². The van der Waals surface area contributed by atoms with Crippen molar-refractivity contribution in [3.8, 4) is 0 Å². The summed E-state index contributed by atoms with van der Waals surface area (Å²) in [5.41, 5.74) is 0. The van der Waals surface area contributed by atoms with Crippen molar-refractivity contribution in [3.05, 3.63) is 0 Å². The Balaban J connectivity index is 2.53. The second-order valence-corrected chi connectivity index (χ2v) is 6.69. The van der Waals surface area contributed by atoms with Crippen LogP contribution in [0.5, 0.6) is 0 Å². The van der Waals surface area contributed by atoms with E-state index >= 15 is 0 Å². The van der Waals surface area contributed by atoms with E-state index in [0.29, 0.717) is 6.42 Å². The third-order valence-corrected chi connectivity index (χ3v) is 4.71. The number of aliphatic hydroxyl groups is 1. The summed E-state index contributed by atoms with van der Waals surface area (Å²) in [5.74, 6) is -0.923. The molecule has 0 aromatic rings. The molecular formula is C10H19NO5S. The fourth-order valence-corrected chi connectivity index (χ4v) is 3.39. The van der Waals surface area contributed by atoms with Crippen LogP contribution in [0.3, 0.4) is 0 Å². The number of likely N-dealkylation sites (tertiary alicyclic amines) is 1. The predicted molar refractivity (Wildman–Crippen MR) is 62.6 cm³/mol. The lowest BCUT2D eigenvalue weighted by Gasteiger charge is -2.20. The standard InChI is InChI=1S/C10H19NO5S/c1-2-4-17(15,16)5-3-11-7-8(12)6-9(11)10(13)14/h8-9,12H,2-7H2,1H3,(H,13,14). The fourth-order valence-electron chi connectivity index (χ4n) is 2.05. The first-order valence-corrected chi connectivity index (χ1v) is 7.53. The quantitative estimate of drug-likeness (QED) is 0.661. The highest BCUT2D eigenvalue weighted by molar-refractivity contribution is 7.91. The zero-order chi connectivity index (χ0) is 13.1. The average molecular weight is 265 g/mol. The molecule has 1 fully saturated rings. The molecule has 100 valence electrons. The Kier molecular flexibility index (Phi) is 4.91. The second-order valence-electron chi connectivity index (χ2n) is 4.39. The second kappa shape index (κ2) is 5.79. The van der Waals surface area contributed by atoms with E-state index < -0.39 is 28.0 Å². The summed E-state index contributed by atoms with van der Waals surface area (Å²) < 4.78 is 23.0. The van der Waals surface area contributed by atoms with Crippen molar-refractivity contribution in [2.75, 3.05) is 24.6 Å². The summed E-state index contributed by atoms with van der Waals surface area (Å²) >= 11 is 0. The molecular weight excluding hydrogens is 246 g/mol. The van der Waals surface area contributed by atoms with Crippen LogP contribution in [0.2, 0.25) is 0 Å². The molecule has 1 saturated heterocycles. The van der Waals surface area contributed by atoms with Gasteiger partial charge in [0.25, 0.3) is 0 Å². The van der Waals surface area contributed by atoms with Crippen LogP contribution >= 0.6 is 0 Å². The number of aliphatic carboxylic acids is 1. The van der Waals surface area contributed by atoms with E-state index in [1.54, 1.807) is 6.92 Å². The largest absolute Gasteiger partial charge is 0.480 e. The van der Waals surface area contributed by atoms with E-state index in [0.717, 1.165) is 0 Å². The third-order valence-electron chi connectivity index (χ3n) is 2.87. The Morgan fingerprint density at radius 2 is 2.06 bits per heavy atom. The SMILES string of the molecule is CCCS(=O)(=O)CCN1CC(O)CC1C(=O)O. The van der Waals surface area contributed by atoms with Crippen LogP contribution in [0.15, 0.2) is 0 Å². The van der Waals surface area contributed by atoms with Crippen molar-refractivity contribution in [3.63, 3.8) is 0 Å². The number of carbonyl (C=O) groups is 1. The minimum absolute atomic E-state index is 0.0443. The molecule has 0 spiro atoms. The number of aliphatic hydroxyl groups excluding tert-OH is 1. The van der Waals surface area contributed by atoms with Gasteiger partial charge in [0, 0.05) is 25.3 Å². The van der Waals surface area contributed by atoms with Crippen molar-refractivity contribution >= 4 is 15.8 Å². The van der Waals surface area contributed by atoms with E-state index in [-0.39, 0.29) is 31.0 Å². The smallest absolute Gasteiger partial charge is 0.321 e. The molecule has 0 bridgehead atoms. The maximum atomic E-state index is 11.5. The summed E-state index contributed by atoms with van der Waals surface area (Å²) in [4.78, 5) is 12.4. The predicted octanol–water partition coefficient (Wildman–Crippen LogP) is -0.669. The van der Waals surface area contributed by atoms with Gasteiger partial charge >= 0.3 is 5.97 Å². The van der Waals surface area contributed by atoms with Gasteiger partial charge in [-0.05, 0) is 6.42 Å². The van der Waals surface area contributed by atoms with Crippen molar-refractivity contribution < 1.29 is 23.4 Å². The van der Waals surface area contributed by atoms with Crippen LogP contribution in [-0.4, -0.2) is 66.2 Å². The molecule has 0 aliphatic carbocycles. The highest BCUT2D eigenvalue weighted by atomic mass is 32.2. The van der Waals surface area contributed by atoms with E-state index in [1.165, 1.54) is 4.90 Å². The fraction of sp³-hybridized carbons (Fsp3) is 0.900. The highest BCUT2D eigenvalue weighted by Gasteiger charge is 2.36. The van der Waals surface area contributed by atoms with Crippen LogP contribution in [0.4, 0.5) is 0 Å². The maximum Gasteiger partial charge on any atom is 0.321 e. The van der Waals surface area contributed by atoms with Crippen LogP contribution < -0.4 is 0 Å². The molecule has 1 heterocycles. The summed E-state index contributed by atoms with van der Waals surface area (Å²) in [5, 5.41) is 18.3. The number of carboxylic acids is 1. The molecule has 6 nitrogen and oxygen atoms in total. The summed E-state index contributed by atoms with van der Waals surface area (Å²) in [7, 11) is -3.10. The molecule has 7 heteroatoms. The van der Waals surface area contributed by atoms with Gasteiger partial charge in [-0.2, -0.15) is 0 Å². The van der Waals surface area contributed by atoms with Crippen molar-refractivity contribution in [1.29, 1.82) is 0 Å². The molecule has 0 aromatic heterocycles. The molecule has 2 N–H and O–H groups in total. The van der Waals surface area contributed by atoms with Gasteiger partial charge in [0.05, 0.1) is 11.9 Å². The Morgan fingerprint density at radius 3 is 2.59 bits per heavy atom. The molecule has 2 atom stereocenters. The van der Waals surface area contributed by atoms with Gasteiger partial charge < -0.3 is 10.2 Å². The molecule has 1 aliphatic heterocycles. The number of carboxylic acid groups (broad SMARTS) is 1. The first kappa shape index (κ1) is 14.4. The lowest BCUT2D eigenvalue weighted by molar-refractivity contribution is -0.142. The zero-order valence-electron chi connectivity index (χ0n) is 9.87. The molecule has 0 radical (unpaired) electrons. The summed E-state index contributed by atoms with van der Waals surface area (Å²) in [6, 6.07) is -0.762. The van der Waals surface area contributed by atoms with Crippen LogP contribution in [0, 0.1) is 0 Å². The van der Waals surface area contributed by atoms with Crippen LogP contribution in [0.1, 0.15) is 19.8 Å². The number of sulfone groups is 1. The zero-order valence-corrected chi connectivity index (χ0v) is 10.7. The highest BCUT2D eigenvalue weighted by Crippen LogP contribution is 2.17. The molecule has 1 aliphatic rings. The Morgan fingerprint density at radius 1 is 1.41 bits per heavy atom. The Hall–Kier alpha value is -0.660. The molecule has 1 rings (SSSR count). The first-order valence-electron chi connectivity index (χ1n) is 5.71. The number of nitrogens with zero attached hydrogens (tertiary/aromatic N) is 1. The lowest BCUT2D eigenvalue weighted by atomic mass is 10.2. The van der Waals surface area contributed by atoms with E-state index in [4.69, 9.17) is 5.11 Å². The lowest BCUT2D eigenvalue weighted by Crippen LogP contribution is -2.39. The molecule has 0 amide bonds. The monoisotopic (exact) mass is 265 g/mol. The van der Waals surface area contributed by atoms with Gasteiger partial charge in [-0.1, -0.05) is 6.92 Å². The Bertz CT molecular complexity index is 367. The van der Waals surface area contributed by atoms with Gasteiger partial charge in [0.1, 0.15) is 6.04 Å². The summed E-state index contributed by atoms with van der Waals surface area (Å²) in [6.07, 6.45) is 0.0567. The normalized spacial score (nSPS) is 26.2. The minimum atomic E-state index is -3.10. The number of rotatable bonds is 6. The Labute approximate surface area is 101 Å². The first-order chi connectivity index (χ1) is 7.85. The van der Waals surface area contributed by atoms with E-state index in [9.17, 15) is 18.3 Å². The summed E-state index contributed by atoms with van der Waals surface area (Å²) in [6.45, 7) is 2.20. The maximum absolute atomic E-state index is 11.5. The topological polar surface area (TPSA) is 94.9 Å². The molecule has 0 saturated carbocycles. The van der Waals surface area contributed by atoms with E-state index in [1.807, 2.05) is 0 Å². The van der Waals surface area contributed by atoms with Crippen molar-refractivity contribution in [2.45, 2.75) is 31.9 Å². The number of hydrogen-bond acceptors (Lipinski definition) is 5. The third kappa shape index (κ3) is 4.25. The van der Waals surface area contributed by atoms with Crippen LogP contribution in [0.25, 0.3) is 0 Å². The van der Waals surface area contributed by atoms with Gasteiger partial charge in [-0.3, -0.25) is 9.69 Å².